The van der Waals surface area contributed by atoms with Crippen LogP contribution < -0.4 is 38.1 Å². The number of nitrogens with zero attached hydrogens (tertiary/aromatic N) is 3. The molecular weight excluding hydrogens is 1140 g/mol. The van der Waals surface area contributed by atoms with E-state index in [9.17, 15) is 14.4 Å². The molecule has 0 spiro atoms. The van der Waals surface area contributed by atoms with Crippen molar-refractivity contribution >= 4 is 67.5 Å². The number of aliphatic imine (C=N–C) groups is 2. The molecule has 0 saturated heterocycles. The summed E-state index contributed by atoms with van der Waals surface area (Å²) in [5.74, 6) is 1.98. The Bertz CT molecular complexity index is 2710. The number of nitrogens with two attached hydrogens (primary N) is 2. The molecule has 0 aliphatic carbocycles. The van der Waals surface area contributed by atoms with Crippen LogP contribution in [0.4, 0.5) is 20.1 Å². The summed E-state index contributed by atoms with van der Waals surface area (Å²) in [5.41, 5.74) is 18.4. The van der Waals surface area contributed by atoms with Gasteiger partial charge in [-0.15, -0.1) is 0 Å². The summed E-state index contributed by atoms with van der Waals surface area (Å²) in [6.45, 7) is 30.1. The van der Waals surface area contributed by atoms with Crippen molar-refractivity contribution in [3.8, 4) is 0 Å². The Kier molecular flexibility index (Phi) is 30.2. The van der Waals surface area contributed by atoms with Crippen LogP contribution in [-0.2, 0) is 46.3 Å². The largest absolute Gasteiger partial charge is 0.444 e. The number of hydrogen-bond donors (Lipinski definition) is 7. The van der Waals surface area contributed by atoms with Crippen LogP contribution in [0.3, 0.4) is 0 Å². The van der Waals surface area contributed by atoms with Crippen LogP contribution in [0.2, 0.25) is 0 Å². The molecule has 5 aromatic carbocycles. The number of rotatable bonds is 15. The monoisotopic (exact) mass is 1220 g/mol. The maximum Gasteiger partial charge on any atom is 0.407 e. The predicted molar refractivity (Wildman–Crippen MR) is 332 cm³/mol. The van der Waals surface area contributed by atoms with Crippen molar-refractivity contribution < 1.29 is 28.6 Å². The summed E-state index contributed by atoms with van der Waals surface area (Å²) in [6, 6.07) is 40.3. The lowest BCUT2D eigenvalue weighted by Gasteiger charge is -2.19. The zero-order valence-electron chi connectivity index (χ0n) is 48.1. The molecule has 9 N–H and O–H groups in total. The Labute approximate surface area is 492 Å². The second-order valence-electron chi connectivity index (χ2n) is 21.4. The van der Waals surface area contributed by atoms with Gasteiger partial charge in [0.25, 0.3) is 0 Å². The van der Waals surface area contributed by atoms with E-state index in [-0.39, 0.29) is 12.2 Å². The number of carbonyl (C=O) groups excluding carboxylic acids is 3. The number of nitrogens with one attached hydrogen (secondary N) is 5. The highest BCUT2D eigenvalue weighted by molar-refractivity contribution is 9.10. The number of ether oxygens (including phenoxy) is 3. The minimum atomic E-state index is -0.471. The average Bonchev–Trinajstić information content (AvgIpc) is 4.15. The first-order valence-corrected chi connectivity index (χ1v) is 28.5. The van der Waals surface area contributed by atoms with Crippen molar-refractivity contribution in [1.82, 2.24) is 26.6 Å². The van der Waals surface area contributed by atoms with Gasteiger partial charge in [0.2, 0.25) is 0 Å². The first-order chi connectivity index (χ1) is 37.9. The van der Waals surface area contributed by atoms with E-state index in [1.54, 1.807) is 12.1 Å². The Morgan fingerprint density at radius 3 is 1.01 bits per heavy atom. The Hall–Kier alpha value is -6.78. The maximum absolute atomic E-state index is 11.5. The molecule has 5 aromatic rings. The van der Waals surface area contributed by atoms with Crippen LogP contribution in [0.25, 0.3) is 4.85 Å². The quantitative estimate of drug-likeness (QED) is 0.0388. The van der Waals surface area contributed by atoms with Crippen LogP contribution in [0.5, 0.6) is 0 Å². The topological polar surface area (TPSA) is 220 Å². The van der Waals surface area contributed by atoms with Gasteiger partial charge in [-0.1, -0.05) is 129 Å². The van der Waals surface area contributed by atoms with Gasteiger partial charge in [-0.05, 0) is 160 Å². The van der Waals surface area contributed by atoms with E-state index in [1.165, 1.54) is 27.8 Å². The van der Waals surface area contributed by atoms with Crippen molar-refractivity contribution in [2.45, 2.75) is 111 Å². The molecule has 0 radical (unpaired) electrons. The van der Waals surface area contributed by atoms with Crippen LogP contribution in [0, 0.1) is 6.57 Å². The zero-order valence-corrected chi connectivity index (χ0v) is 51.3. The van der Waals surface area contributed by atoms with Crippen LogP contribution in [0.1, 0.15) is 101 Å². The first-order valence-electron chi connectivity index (χ1n) is 27.0. The number of halogens is 2. The van der Waals surface area contributed by atoms with Crippen LogP contribution >= 0.6 is 31.9 Å². The van der Waals surface area contributed by atoms with E-state index in [0.29, 0.717) is 31.9 Å². The lowest BCUT2D eigenvalue weighted by atomic mass is 10.1. The molecule has 0 fully saturated rings. The second kappa shape index (κ2) is 35.8. The number of amides is 3. The summed E-state index contributed by atoms with van der Waals surface area (Å²) >= 11 is 6.75. The number of hydrogen-bond acceptors (Lipinski definition) is 12. The molecule has 0 aromatic heterocycles. The predicted octanol–water partition coefficient (Wildman–Crippen LogP) is 11.4. The fraction of sp³-hybridized carbons (Fsp3) is 0.419. The summed E-state index contributed by atoms with van der Waals surface area (Å²) in [5, 5.41) is 14.7. The van der Waals surface area contributed by atoms with Crippen LogP contribution in [0.15, 0.2) is 140 Å². The minimum absolute atomic E-state index is 0.366. The number of carbonyl (C=O) groups is 3. The van der Waals surface area contributed by atoms with Gasteiger partial charge in [0.15, 0.2) is 5.69 Å². The Morgan fingerprint density at radius 2 is 0.762 bits per heavy atom. The van der Waals surface area contributed by atoms with E-state index in [1.807, 2.05) is 111 Å². The van der Waals surface area contributed by atoms with E-state index < -0.39 is 22.9 Å². The molecule has 2 aliphatic heterocycles. The molecule has 16 nitrogen and oxygen atoms in total. The minimum Gasteiger partial charge on any atom is -0.444 e. The highest BCUT2D eigenvalue weighted by atomic mass is 79.9. The van der Waals surface area contributed by atoms with Gasteiger partial charge >= 0.3 is 18.3 Å². The van der Waals surface area contributed by atoms with Gasteiger partial charge in [0, 0.05) is 52.8 Å². The third-order valence-electron chi connectivity index (χ3n) is 10.8. The maximum atomic E-state index is 11.5. The fourth-order valence-corrected chi connectivity index (χ4v) is 7.61. The highest BCUT2D eigenvalue weighted by Gasteiger charge is 2.18. The number of amidine groups is 2. The van der Waals surface area contributed by atoms with Gasteiger partial charge < -0.3 is 52.3 Å². The van der Waals surface area contributed by atoms with E-state index in [2.05, 4.69) is 134 Å². The molecule has 3 amide bonds. The molecule has 0 saturated carbocycles. The van der Waals surface area contributed by atoms with Crippen molar-refractivity contribution in [2.75, 3.05) is 58.9 Å². The van der Waals surface area contributed by atoms with Gasteiger partial charge in [-0.2, -0.15) is 0 Å². The first kappa shape index (κ1) is 67.5. The number of alkyl carbamates (subject to hydrolysis) is 3. The zero-order chi connectivity index (χ0) is 59.0. The van der Waals surface area contributed by atoms with E-state index in [4.69, 9.17) is 32.3 Å². The standard InChI is InChI=1S/C16H23N3O2.C14H18N2O2.C13H18BrNO2.C11H15N3.C8H10BrN/c1-16(2,3)21-15(20)19-9-8-12-4-6-13(7-5-12)14-17-10-11-18-14;1-14(2,3)18-13(17)16-10-9-11-5-7-12(15-4)8-6-11;1-13(2,3)17-12(16)15-9-8-10-4-6-11(14)7-5-10;12-6-5-9-1-3-10(4-2-9)11-13-7-8-14-11;9-8-3-1-7(2-4-8)5-6-10/h4-7H,8-11H2,1-3H3,(H,17,18)(H,19,20);5-8H,9-10H2,1-3H3,(H,16,17);4-7H,8-9H2,1-3H3,(H,15,16);1-4H,5-8,12H2,(H,13,14);1-4H,5-6,10H2. The van der Waals surface area contributed by atoms with E-state index >= 15 is 0 Å². The summed E-state index contributed by atoms with van der Waals surface area (Å²) < 4.78 is 17.6. The van der Waals surface area contributed by atoms with Gasteiger partial charge in [0.1, 0.15) is 28.5 Å². The van der Waals surface area contributed by atoms with Crippen molar-refractivity contribution in [3.63, 3.8) is 0 Å². The highest BCUT2D eigenvalue weighted by Crippen LogP contribution is 2.15. The van der Waals surface area contributed by atoms with Crippen molar-refractivity contribution in [3.05, 3.63) is 181 Å². The lowest BCUT2D eigenvalue weighted by Crippen LogP contribution is -2.33. The molecule has 432 valence electrons. The molecule has 0 atom stereocenters. The summed E-state index contributed by atoms with van der Waals surface area (Å²) in [4.78, 5) is 46.3. The molecule has 0 bridgehead atoms. The van der Waals surface area contributed by atoms with E-state index in [0.717, 1.165) is 96.6 Å². The molecule has 7 rings (SSSR count). The normalized spacial score (nSPS) is 12.3. The fourth-order valence-electron chi connectivity index (χ4n) is 7.08. The molecule has 80 heavy (non-hydrogen) atoms. The van der Waals surface area contributed by atoms with Gasteiger partial charge in [-0.3, -0.25) is 9.98 Å². The summed E-state index contributed by atoms with van der Waals surface area (Å²) in [6.07, 6.45) is 3.07. The molecule has 0 unspecified atom stereocenters. The Balaban J connectivity index is 0.000000267. The lowest BCUT2D eigenvalue weighted by molar-refractivity contribution is 0.0517. The van der Waals surface area contributed by atoms with Gasteiger partial charge in [-0.25, -0.2) is 19.2 Å². The van der Waals surface area contributed by atoms with Crippen molar-refractivity contribution in [1.29, 1.82) is 0 Å². The summed E-state index contributed by atoms with van der Waals surface area (Å²) in [7, 11) is 0. The van der Waals surface area contributed by atoms with Gasteiger partial charge in [0.05, 0.1) is 19.7 Å². The second-order valence-corrected chi connectivity index (χ2v) is 23.2. The molecular formula is C62H84Br2N10O6. The molecule has 2 aliphatic rings. The Morgan fingerprint density at radius 1 is 0.487 bits per heavy atom. The van der Waals surface area contributed by atoms with Crippen molar-refractivity contribution in [2.24, 2.45) is 21.5 Å². The molecule has 18 heteroatoms. The van der Waals surface area contributed by atoms with Crippen LogP contribution in [-0.4, -0.2) is 106 Å². The SMILES string of the molecule is CC(C)(C)OC(=O)NCCc1ccc(Br)cc1.CC(C)(C)OC(=O)NCCc1ccc(C2=NCCN2)cc1.NCCc1ccc(Br)cc1.NCCc1ccc(C2=NCCN2)cc1.[C-]#[N+]c1ccc(CCNC(=O)OC(C)(C)C)cc1. The number of benzene rings is 5. The third kappa shape index (κ3) is 31.1. The average molecular weight is 1230 g/mol. The third-order valence-corrected chi connectivity index (χ3v) is 11.9. The molecule has 2 heterocycles. The smallest absolute Gasteiger partial charge is 0.407 e.